The number of aliphatic hydroxyl groups is 1. The normalized spacial score (nSPS) is 12.5. The quantitative estimate of drug-likeness (QED) is 0.515. The van der Waals surface area contributed by atoms with Gasteiger partial charge < -0.3 is 5.11 Å². The molecule has 0 amide bonds. The molecule has 0 aliphatic heterocycles. The van der Waals surface area contributed by atoms with Crippen LogP contribution in [0.2, 0.25) is 0 Å². The van der Waals surface area contributed by atoms with Crippen LogP contribution >= 0.6 is 0 Å². The Balaban J connectivity index is 1.89. The summed E-state index contributed by atoms with van der Waals surface area (Å²) in [6.45, 7) is 4.16. The highest BCUT2D eigenvalue weighted by molar-refractivity contribution is 5.25. The van der Waals surface area contributed by atoms with E-state index in [1.807, 2.05) is 48.5 Å². The van der Waals surface area contributed by atoms with Gasteiger partial charge in [-0.05, 0) is 41.4 Å². The zero-order valence-corrected chi connectivity index (χ0v) is 15.1. The van der Waals surface area contributed by atoms with E-state index < -0.39 is 6.10 Å². The Labute approximate surface area is 156 Å². The fourth-order valence-electron chi connectivity index (χ4n) is 3.62. The minimum atomic E-state index is -0.512. The predicted octanol–water partition coefficient (Wildman–Crippen LogP) is 5.77. The van der Waals surface area contributed by atoms with Crippen molar-refractivity contribution in [2.75, 3.05) is 0 Å². The maximum Gasteiger partial charge on any atom is 0.0798 e. The molecule has 1 atom stereocenters. The second-order valence-electron chi connectivity index (χ2n) is 7.02. The Morgan fingerprint density at radius 1 is 0.731 bits per heavy atom. The lowest BCUT2D eigenvalue weighted by molar-refractivity contribution is 0.118. The van der Waals surface area contributed by atoms with Gasteiger partial charge in [-0.1, -0.05) is 97.1 Å². The molecular weight excluding hydrogens is 316 g/mol. The van der Waals surface area contributed by atoms with Crippen molar-refractivity contribution in [3.05, 3.63) is 120 Å². The second-order valence-corrected chi connectivity index (χ2v) is 7.02. The summed E-state index contributed by atoms with van der Waals surface area (Å²) < 4.78 is 0. The van der Waals surface area contributed by atoms with Gasteiger partial charge in [0.15, 0.2) is 0 Å². The third-order valence-corrected chi connectivity index (χ3v) is 5.02. The molecule has 0 aliphatic rings. The van der Waals surface area contributed by atoms with Crippen molar-refractivity contribution in [1.29, 1.82) is 0 Å². The van der Waals surface area contributed by atoms with E-state index in [1.165, 1.54) is 11.1 Å². The summed E-state index contributed by atoms with van der Waals surface area (Å²) in [5.74, 6) is 0. The van der Waals surface area contributed by atoms with Crippen molar-refractivity contribution in [3.8, 4) is 0 Å². The fourth-order valence-corrected chi connectivity index (χ4v) is 3.62. The molecule has 1 heteroatoms. The summed E-state index contributed by atoms with van der Waals surface area (Å²) in [6, 6.07) is 30.9. The van der Waals surface area contributed by atoms with E-state index in [-0.39, 0.29) is 5.41 Å². The van der Waals surface area contributed by atoms with Gasteiger partial charge in [-0.3, -0.25) is 0 Å². The minimum Gasteiger partial charge on any atom is -0.388 e. The van der Waals surface area contributed by atoms with Crippen LogP contribution in [0.25, 0.3) is 0 Å². The molecule has 0 radical (unpaired) electrons. The summed E-state index contributed by atoms with van der Waals surface area (Å²) in [5.41, 5.74) is 3.28. The van der Waals surface area contributed by atoms with Gasteiger partial charge in [-0.25, -0.2) is 0 Å². The topological polar surface area (TPSA) is 20.2 Å². The first-order chi connectivity index (χ1) is 12.7. The molecule has 26 heavy (non-hydrogen) atoms. The van der Waals surface area contributed by atoms with Crippen LogP contribution in [0, 0.1) is 5.41 Å². The Morgan fingerprint density at radius 3 is 1.58 bits per heavy atom. The van der Waals surface area contributed by atoms with Gasteiger partial charge in [0.2, 0.25) is 0 Å². The molecule has 0 fully saturated rings. The number of aliphatic hydroxyl groups excluding tert-OH is 1. The highest BCUT2D eigenvalue weighted by atomic mass is 16.3. The van der Waals surface area contributed by atoms with Crippen LogP contribution in [0.15, 0.2) is 104 Å². The molecule has 0 aliphatic carbocycles. The van der Waals surface area contributed by atoms with E-state index in [9.17, 15) is 5.11 Å². The highest BCUT2D eigenvalue weighted by Crippen LogP contribution is 2.38. The first kappa shape index (κ1) is 18.2. The van der Waals surface area contributed by atoms with Crippen molar-refractivity contribution >= 4 is 0 Å². The van der Waals surface area contributed by atoms with Crippen LogP contribution in [0.4, 0.5) is 0 Å². The van der Waals surface area contributed by atoms with Crippen molar-refractivity contribution < 1.29 is 5.11 Å². The molecule has 0 heterocycles. The molecule has 3 aromatic carbocycles. The summed E-state index contributed by atoms with van der Waals surface area (Å²) in [6.07, 6.45) is 3.89. The van der Waals surface area contributed by atoms with Crippen molar-refractivity contribution in [3.63, 3.8) is 0 Å². The fraction of sp³-hybridized carbons (Fsp3) is 0.200. The Bertz CT molecular complexity index is 752. The van der Waals surface area contributed by atoms with Crippen LogP contribution in [0.3, 0.4) is 0 Å². The first-order valence-corrected chi connectivity index (χ1v) is 9.15. The van der Waals surface area contributed by atoms with Crippen LogP contribution in [0.1, 0.15) is 29.2 Å². The Hall–Kier alpha value is -2.64. The number of hydrogen-bond donors (Lipinski definition) is 1. The van der Waals surface area contributed by atoms with Crippen LogP contribution in [-0.4, -0.2) is 5.11 Å². The maximum atomic E-state index is 10.9. The molecule has 0 spiro atoms. The summed E-state index contributed by atoms with van der Waals surface area (Å²) in [4.78, 5) is 0. The lowest BCUT2D eigenvalue weighted by Gasteiger charge is -2.33. The number of rotatable bonds is 8. The smallest absolute Gasteiger partial charge is 0.0798 e. The van der Waals surface area contributed by atoms with E-state index in [4.69, 9.17) is 0 Å². The molecule has 0 bridgehead atoms. The second kappa shape index (κ2) is 8.64. The molecule has 0 saturated heterocycles. The largest absolute Gasteiger partial charge is 0.388 e. The maximum absolute atomic E-state index is 10.9. The van der Waals surface area contributed by atoms with Crippen molar-refractivity contribution in [2.24, 2.45) is 5.41 Å². The Kier molecular flexibility index (Phi) is 6.04. The van der Waals surface area contributed by atoms with E-state index in [0.717, 1.165) is 18.4 Å². The predicted molar refractivity (Wildman–Crippen MR) is 109 cm³/mol. The lowest BCUT2D eigenvalue weighted by atomic mass is 9.72. The van der Waals surface area contributed by atoms with Gasteiger partial charge >= 0.3 is 0 Å². The molecule has 3 aromatic rings. The first-order valence-electron chi connectivity index (χ1n) is 9.15. The summed E-state index contributed by atoms with van der Waals surface area (Å²) in [7, 11) is 0. The van der Waals surface area contributed by atoms with Crippen LogP contribution in [0.5, 0.6) is 0 Å². The number of benzene rings is 3. The summed E-state index contributed by atoms with van der Waals surface area (Å²) >= 11 is 0. The molecule has 3 rings (SSSR count). The monoisotopic (exact) mass is 342 g/mol. The zero-order valence-electron chi connectivity index (χ0n) is 15.1. The van der Waals surface area contributed by atoms with Crippen molar-refractivity contribution in [1.82, 2.24) is 0 Å². The number of allylic oxidation sites excluding steroid dienone is 1. The number of hydrogen-bond acceptors (Lipinski definition) is 1. The molecule has 1 nitrogen and oxygen atoms in total. The van der Waals surface area contributed by atoms with Crippen molar-refractivity contribution in [2.45, 2.75) is 25.4 Å². The minimum absolute atomic E-state index is 0.210. The Morgan fingerprint density at radius 2 is 1.15 bits per heavy atom. The summed E-state index contributed by atoms with van der Waals surface area (Å²) in [5, 5.41) is 10.9. The average Bonchev–Trinajstić information content (AvgIpc) is 2.70. The van der Waals surface area contributed by atoms with E-state index in [1.54, 1.807) is 0 Å². The van der Waals surface area contributed by atoms with Gasteiger partial charge in [-0.15, -0.1) is 6.58 Å². The van der Waals surface area contributed by atoms with Gasteiger partial charge in [0.25, 0.3) is 0 Å². The van der Waals surface area contributed by atoms with E-state index in [2.05, 4.69) is 55.1 Å². The van der Waals surface area contributed by atoms with Crippen LogP contribution in [-0.2, 0) is 12.8 Å². The van der Waals surface area contributed by atoms with Gasteiger partial charge in [0.05, 0.1) is 6.10 Å². The average molecular weight is 342 g/mol. The third kappa shape index (κ3) is 4.71. The third-order valence-electron chi connectivity index (χ3n) is 5.02. The van der Waals surface area contributed by atoms with Gasteiger partial charge in [0.1, 0.15) is 0 Å². The van der Waals surface area contributed by atoms with Gasteiger partial charge in [0, 0.05) is 0 Å². The molecule has 0 saturated carbocycles. The SMILES string of the molecule is C=CC(Cc1ccccc1)(Cc1ccccc1)CC(O)c1ccccc1. The zero-order chi connectivity index (χ0) is 18.2. The molecule has 132 valence electrons. The highest BCUT2D eigenvalue weighted by Gasteiger charge is 2.31. The van der Waals surface area contributed by atoms with E-state index >= 15 is 0 Å². The van der Waals surface area contributed by atoms with E-state index in [0.29, 0.717) is 6.42 Å². The molecule has 1 N–H and O–H groups in total. The molecule has 0 aromatic heterocycles. The van der Waals surface area contributed by atoms with Crippen LogP contribution < -0.4 is 0 Å². The molecule has 1 unspecified atom stereocenters. The standard InChI is InChI=1S/C25H26O/c1-2-25(18-21-12-6-3-7-13-21,19-22-14-8-4-9-15-22)20-24(26)23-16-10-5-11-17-23/h2-17,24,26H,1,18-20H2. The van der Waals surface area contributed by atoms with Gasteiger partial charge in [-0.2, -0.15) is 0 Å². The molecular formula is C25H26O. The lowest BCUT2D eigenvalue weighted by Crippen LogP contribution is -2.27.